The molecule has 2 fully saturated rings. The average Bonchev–Trinajstić information content (AvgIpc) is 3.07. The van der Waals surface area contributed by atoms with Crippen molar-refractivity contribution in [2.75, 3.05) is 76.3 Å². The summed E-state index contributed by atoms with van der Waals surface area (Å²) in [4.78, 5) is 25.2. The van der Waals surface area contributed by atoms with Crippen molar-refractivity contribution in [3.8, 4) is 0 Å². The highest BCUT2D eigenvalue weighted by molar-refractivity contribution is 6.32. The zero-order valence-electron chi connectivity index (χ0n) is 20.3. The Bertz CT molecular complexity index is 966. The van der Waals surface area contributed by atoms with Gasteiger partial charge in [-0.2, -0.15) is 10.1 Å². The first-order chi connectivity index (χ1) is 17.1. The van der Waals surface area contributed by atoms with E-state index in [4.69, 9.17) is 21.1 Å². The lowest BCUT2D eigenvalue weighted by molar-refractivity contribution is -0.130. The number of halogens is 1. The number of amides is 1. The Morgan fingerprint density at radius 2 is 1.86 bits per heavy atom. The second kappa shape index (κ2) is 13.0. The zero-order valence-corrected chi connectivity index (χ0v) is 21.1. The van der Waals surface area contributed by atoms with Gasteiger partial charge in [0.2, 0.25) is 11.9 Å². The fraction of sp³-hybridized carbons (Fsp3) is 0.652. The molecule has 0 atom stereocenters. The van der Waals surface area contributed by atoms with Crippen LogP contribution in [-0.4, -0.2) is 101 Å². The molecule has 12 heteroatoms. The van der Waals surface area contributed by atoms with Gasteiger partial charge in [0.25, 0.3) is 0 Å². The largest absolute Gasteiger partial charge is 0.379 e. The monoisotopic (exact) mass is 506 g/mol. The molecule has 2 aliphatic heterocycles. The highest BCUT2D eigenvalue weighted by Crippen LogP contribution is 2.23. The summed E-state index contributed by atoms with van der Waals surface area (Å²) in [6.07, 6.45) is 5.83. The number of hydrogen-bond donors (Lipinski definition) is 2. The van der Waals surface area contributed by atoms with Crippen molar-refractivity contribution >= 4 is 35.0 Å². The summed E-state index contributed by atoms with van der Waals surface area (Å²) in [5.74, 6) is 1.16. The molecule has 2 aromatic rings. The molecule has 2 N–H and O–H groups in total. The molecule has 35 heavy (non-hydrogen) atoms. The lowest BCUT2D eigenvalue weighted by Crippen LogP contribution is -2.37. The van der Waals surface area contributed by atoms with Gasteiger partial charge >= 0.3 is 0 Å². The van der Waals surface area contributed by atoms with Crippen LogP contribution in [0.3, 0.4) is 0 Å². The maximum atomic E-state index is 12.1. The van der Waals surface area contributed by atoms with Crippen molar-refractivity contribution in [1.29, 1.82) is 0 Å². The second-order valence-electron chi connectivity index (χ2n) is 8.74. The maximum absolute atomic E-state index is 12.1. The molecular weight excluding hydrogens is 472 g/mol. The van der Waals surface area contributed by atoms with E-state index in [1.807, 2.05) is 22.7 Å². The summed E-state index contributed by atoms with van der Waals surface area (Å²) in [6, 6.07) is 0. The third-order valence-corrected chi connectivity index (χ3v) is 6.39. The van der Waals surface area contributed by atoms with Crippen LogP contribution in [0.5, 0.6) is 0 Å². The van der Waals surface area contributed by atoms with Gasteiger partial charge in [0.15, 0.2) is 0 Å². The van der Waals surface area contributed by atoms with Crippen LogP contribution in [-0.2, 0) is 20.8 Å². The van der Waals surface area contributed by atoms with E-state index in [1.165, 1.54) is 0 Å². The third-order valence-electron chi connectivity index (χ3n) is 6.12. The SMILES string of the molecule is Cc1nn(CCCN2CCOCC2)cc1Nc1ncc(Cl)c(NCCCN2CCOCCC2=O)n1. The van der Waals surface area contributed by atoms with Crippen molar-refractivity contribution < 1.29 is 14.3 Å². The summed E-state index contributed by atoms with van der Waals surface area (Å²) in [5, 5.41) is 11.6. The molecule has 0 spiro atoms. The molecule has 11 nitrogen and oxygen atoms in total. The van der Waals surface area contributed by atoms with E-state index >= 15 is 0 Å². The number of nitrogens with zero attached hydrogens (tertiary/aromatic N) is 6. The first-order valence-corrected chi connectivity index (χ1v) is 12.7. The summed E-state index contributed by atoms with van der Waals surface area (Å²) in [5.41, 5.74) is 1.75. The van der Waals surface area contributed by atoms with Gasteiger partial charge in [-0.25, -0.2) is 4.98 Å². The number of rotatable bonds is 11. The van der Waals surface area contributed by atoms with Gasteiger partial charge in [-0.1, -0.05) is 11.6 Å². The van der Waals surface area contributed by atoms with Crippen molar-refractivity contribution in [1.82, 2.24) is 29.5 Å². The summed E-state index contributed by atoms with van der Waals surface area (Å²) >= 11 is 6.30. The van der Waals surface area contributed by atoms with Gasteiger partial charge in [-0.3, -0.25) is 14.4 Å². The predicted octanol–water partition coefficient (Wildman–Crippen LogP) is 2.15. The molecule has 0 aromatic carbocycles. The molecule has 2 saturated heterocycles. The average molecular weight is 507 g/mol. The zero-order chi connectivity index (χ0) is 24.5. The van der Waals surface area contributed by atoms with Gasteiger partial charge in [-0.05, 0) is 19.8 Å². The number of nitrogens with one attached hydrogen (secondary N) is 2. The van der Waals surface area contributed by atoms with E-state index in [-0.39, 0.29) is 5.91 Å². The van der Waals surface area contributed by atoms with Crippen LogP contribution in [0.15, 0.2) is 12.4 Å². The standard InChI is InChI=1S/C23H35ClN8O3/c1-18-20(17-32(29-18)8-3-6-30-9-13-35-14-10-30)27-23-26-16-19(24)22(28-23)25-5-2-7-31-11-15-34-12-4-21(31)33/h16-17H,2-15H2,1H3,(H2,25,26,27,28). The molecule has 192 valence electrons. The van der Waals surface area contributed by atoms with Gasteiger partial charge in [-0.15, -0.1) is 0 Å². The van der Waals surface area contributed by atoms with Gasteiger partial charge in [0, 0.05) is 52.0 Å². The summed E-state index contributed by atoms with van der Waals surface area (Å²) in [7, 11) is 0. The molecule has 0 aliphatic carbocycles. The van der Waals surface area contributed by atoms with E-state index in [0.29, 0.717) is 56.1 Å². The lowest BCUT2D eigenvalue weighted by atomic mass is 10.3. The minimum atomic E-state index is 0.145. The lowest BCUT2D eigenvalue weighted by Gasteiger charge is -2.26. The van der Waals surface area contributed by atoms with Crippen LogP contribution in [0.1, 0.15) is 25.0 Å². The molecule has 0 saturated carbocycles. The normalized spacial score (nSPS) is 17.4. The predicted molar refractivity (Wildman–Crippen MR) is 134 cm³/mol. The summed E-state index contributed by atoms with van der Waals surface area (Å²) in [6.45, 7) is 10.5. The molecule has 0 bridgehead atoms. The third kappa shape index (κ3) is 7.76. The number of ether oxygens (including phenoxy) is 2. The highest BCUT2D eigenvalue weighted by atomic mass is 35.5. The van der Waals surface area contributed by atoms with E-state index in [0.717, 1.165) is 63.6 Å². The molecular formula is C23H35ClN8O3. The van der Waals surface area contributed by atoms with Crippen LogP contribution >= 0.6 is 11.6 Å². The van der Waals surface area contributed by atoms with Gasteiger partial charge in [0.05, 0.1) is 50.4 Å². The van der Waals surface area contributed by atoms with E-state index < -0.39 is 0 Å². The number of carbonyl (C=O) groups excluding carboxylic acids is 1. The number of morpholine rings is 1. The van der Waals surface area contributed by atoms with Crippen LogP contribution in [0.2, 0.25) is 5.02 Å². The summed E-state index contributed by atoms with van der Waals surface area (Å²) < 4.78 is 12.7. The van der Waals surface area contributed by atoms with Crippen LogP contribution < -0.4 is 10.6 Å². The Morgan fingerprint density at radius 1 is 1.06 bits per heavy atom. The Hall–Kier alpha value is -2.47. The van der Waals surface area contributed by atoms with Crippen molar-refractivity contribution in [2.24, 2.45) is 0 Å². The molecule has 2 aromatic heterocycles. The fourth-order valence-electron chi connectivity index (χ4n) is 4.14. The molecule has 0 radical (unpaired) electrons. The van der Waals surface area contributed by atoms with Crippen molar-refractivity contribution in [2.45, 2.75) is 32.7 Å². The Morgan fingerprint density at radius 3 is 2.71 bits per heavy atom. The first-order valence-electron chi connectivity index (χ1n) is 12.3. The topological polar surface area (TPSA) is 110 Å². The maximum Gasteiger partial charge on any atom is 0.229 e. The van der Waals surface area contributed by atoms with Crippen LogP contribution in [0, 0.1) is 6.92 Å². The first kappa shape index (κ1) is 25.6. The number of aromatic nitrogens is 4. The minimum absolute atomic E-state index is 0.145. The smallest absolute Gasteiger partial charge is 0.229 e. The van der Waals surface area contributed by atoms with Gasteiger partial charge < -0.3 is 25.0 Å². The fourth-order valence-corrected chi connectivity index (χ4v) is 4.30. The minimum Gasteiger partial charge on any atom is -0.379 e. The highest BCUT2D eigenvalue weighted by Gasteiger charge is 2.16. The van der Waals surface area contributed by atoms with E-state index in [9.17, 15) is 4.79 Å². The van der Waals surface area contributed by atoms with Crippen molar-refractivity contribution in [3.05, 3.63) is 23.1 Å². The molecule has 1 amide bonds. The van der Waals surface area contributed by atoms with Gasteiger partial charge in [0.1, 0.15) is 10.8 Å². The van der Waals surface area contributed by atoms with Crippen molar-refractivity contribution in [3.63, 3.8) is 0 Å². The number of aryl methyl sites for hydroxylation is 2. The Kier molecular flexibility index (Phi) is 9.52. The Labute approximate surface area is 211 Å². The number of carbonyl (C=O) groups is 1. The van der Waals surface area contributed by atoms with Crippen LogP contribution in [0.25, 0.3) is 0 Å². The number of hydrogen-bond acceptors (Lipinski definition) is 9. The second-order valence-corrected chi connectivity index (χ2v) is 9.14. The quantitative estimate of drug-likeness (QED) is 0.443. The van der Waals surface area contributed by atoms with E-state index in [2.05, 4.69) is 30.6 Å². The van der Waals surface area contributed by atoms with Crippen LogP contribution in [0.4, 0.5) is 17.5 Å². The molecule has 4 heterocycles. The number of anilines is 3. The molecule has 2 aliphatic rings. The van der Waals surface area contributed by atoms with E-state index in [1.54, 1.807) is 6.20 Å². The Balaban J connectivity index is 1.25. The molecule has 4 rings (SSSR count). The molecule has 0 unspecified atom stereocenters.